The van der Waals surface area contributed by atoms with Crippen molar-refractivity contribution in [2.24, 2.45) is 0 Å². The Morgan fingerprint density at radius 3 is 0.803 bits per heavy atom. The molecule has 0 aromatic carbocycles. The summed E-state index contributed by atoms with van der Waals surface area (Å²) in [5.74, 6) is -0.880. The molecule has 76 heavy (non-hydrogen) atoms. The Hall–Kier alpha value is -3.15. The number of carbonyl (C=O) groups is 3. The molecule has 0 bridgehead atoms. The van der Waals surface area contributed by atoms with Gasteiger partial charge in [-0.2, -0.15) is 0 Å². The third-order valence-electron chi connectivity index (χ3n) is 14.4. The third kappa shape index (κ3) is 61.7. The molecule has 0 radical (unpaired) electrons. The SMILES string of the molecule is CC/C=C\C/C=C\C/C=C\CCCCCCCC(=O)OCC(COC(=O)CCCCCCCCCCCCCC/C=C\C/C=C\C/C=C\CCCCCCC)OC(=O)CCCCCCCCCCCCCCCCCC. The highest BCUT2D eigenvalue weighted by Gasteiger charge is 2.19. The standard InChI is InChI=1S/C70H124O6/c1-4-7-10-13-16-19-22-25-28-30-31-32-33-34-35-36-37-38-39-40-43-45-48-51-54-57-60-63-69(72)75-66-67(65-74-68(71)62-59-56-53-50-47-44-41-27-24-21-18-15-12-9-6-3)76-70(73)64-61-58-55-52-49-46-42-29-26-23-20-17-14-11-8-5-2/h9,12,18,21-22,25,27,30-31,33-34,41,67H,4-8,10-11,13-17,19-20,23-24,26,28-29,32,35-40,42-66H2,1-3H3/b12-9-,21-18-,25-22-,31-30-,34-33-,41-27-. The van der Waals surface area contributed by atoms with E-state index in [9.17, 15) is 14.4 Å². The fourth-order valence-electron chi connectivity index (χ4n) is 9.53. The average Bonchev–Trinajstić information content (AvgIpc) is 3.42. The normalized spacial score (nSPS) is 12.5. The lowest BCUT2D eigenvalue weighted by atomic mass is 10.0. The Labute approximate surface area is 472 Å². The highest BCUT2D eigenvalue weighted by atomic mass is 16.6. The number of rotatable bonds is 60. The van der Waals surface area contributed by atoms with Gasteiger partial charge in [-0.25, -0.2) is 0 Å². The van der Waals surface area contributed by atoms with Gasteiger partial charge >= 0.3 is 17.9 Å². The van der Waals surface area contributed by atoms with E-state index >= 15 is 0 Å². The number of hydrogen-bond acceptors (Lipinski definition) is 6. The predicted molar refractivity (Wildman–Crippen MR) is 330 cm³/mol. The molecule has 0 aliphatic heterocycles. The fourth-order valence-corrected chi connectivity index (χ4v) is 9.53. The first-order chi connectivity index (χ1) is 37.5. The summed E-state index contributed by atoms with van der Waals surface area (Å²) < 4.78 is 16.9. The molecule has 1 atom stereocenters. The first-order valence-electron chi connectivity index (χ1n) is 32.9. The molecule has 1 unspecified atom stereocenters. The smallest absolute Gasteiger partial charge is 0.306 e. The van der Waals surface area contributed by atoms with Gasteiger partial charge in [0.15, 0.2) is 6.10 Å². The van der Waals surface area contributed by atoms with Crippen LogP contribution in [0.25, 0.3) is 0 Å². The van der Waals surface area contributed by atoms with E-state index in [0.29, 0.717) is 19.3 Å². The summed E-state index contributed by atoms with van der Waals surface area (Å²) in [7, 11) is 0. The minimum absolute atomic E-state index is 0.0788. The van der Waals surface area contributed by atoms with E-state index < -0.39 is 6.10 Å². The highest BCUT2D eigenvalue weighted by molar-refractivity contribution is 5.71. The Balaban J connectivity index is 4.28. The van der Waals surface area contributed by atoms with Crippen LogP contribution in [-0.2, 0) is 28.6 Å². The van der Waals surface area contributed by atoms with Gasteiger partial charge in [0.1, 0.15) is 13.2 Å². The van der Waals surface area contributed by atoms with Crippen molar-refractivity contribution in [1.82, 2.24) is 0 Å². The van der Waals surface area contributed by atoms with Crippen molar-refractivity contribution in [3.8, 4) is 0 Å². The second-order valence-corrected chi connectivity index (χ2v) is 22.0. The lowest BCUT2D eigenvalue weighted by molar-refractivity contribution is -0.167. The zero-order chi connectivity index (χ0) is 55.0. The molecule has 0 fully saturated rings. The first-order valence-corrected chi connectivity index (χ1v) is 32.9. The lowest BCUT2D eigenvalue weighted by Crippen LogP contribution is -2.30. The summed E-state index contributed by atoms with van der Waals surface area (Å²) in [6.45, 7) is 6.55. The highest BCUT2D eigenvalue weighted by Crippen LogP contribution is 2.17. The maximum atomic E-state index is 12.9. The number of unbranched alkanes of at least 4 members (excludes halogenated alkanes) is 37. The molecule has 0 aromatic heterocycles. The number of ether oxygens (including phenoxy) is 3. The molecule has 0 N–H and O–H groups in total. The largest absolute Gasteiger partial charge is 0.462 e. The van der Waals surface area contributed by atoms with E-state index in [1.165, 1.54) is 186 Å². The Bertz CT molecular complexity index is 1400. The van der Waals surface area contributed by atoms with Gasteiger partial charge in [0.2, 0.25) is 0 Å². The summed E-state index contributed by atoms with van der Waals surface area (Å²) in [4.78, 5) is 38.3. The fraction of sp³-hybridized carbons (Fsp3) is 0.786. The van der Waals surface area contributed by atoms with E-state index in [0.717, 1.165) is 109 Å². The number of allylic oxidation sites excluding steroid dienone is 12. The zero-order valence-corrected chi connectivity index (χ0v) is 50.5. The van der Waals surface area contributed by atoms with E-state index in [1.807, 2.05) is 0 Å². The van der Waals surface area contributed by atoms with Gasteiger partial charge in [-0.1, -0.05) is 299 Å². The van der Waals surface area contributed by atoms with Crippen LogP contribution in [0.1, 0.15) is 335 Å². The van der Waals surface area contributed by atoms with Gasteiger partial charge in [0, 0.05) is 19.3 Å². The van der Waals surface area contributed by atoms with Crippen LogP contribution in [0.4, 0.5) is 0 Å². The molecule has 440 valence electrons. The summed E-state index contributed by atoms with van der Waals surface area (Å²) in [5.41, 5.74) is 0. The molecule has 0 aliphatic rings. The van der Waals surface area contributed by atoms with E-state index in [4.69, 9.17) is 14.2 Å². The lowest BCUT2D eigenvalue weighted by Gasteiger charge is -2.18. The van der Waals surface area contributed by atoms with Crippen molar-refractivity contribution >= 4 is 17.9 Å². The zero-order valence-electron chi connectivity index (χ0n) is 50.5. The van der Waals surface area contributed by atoms with Crippen molar-refractivity contribution in [2.45, 2.75) is 341 Å². The van der Waals surface area contributed by atoms with Crippen molar-refractivity contribution in [2.75, 3.05) is 13.2 Å². The molecule has 0 saturated carbocycles. The summed E-state index contributed by atoms with van der Waals surface area (Å²) in [6, 6.07) is 0. The van der Waals surface area contributed by atoms with Gasteiger partial charge < -0.3 is 14.2 Å². The second-order valence-electron chi connectivity index (χ2n) is 22.0. The van der Waals surface area contributed by atoms with Crippen LogP contribution in [0.15, 0.2) is 72.9 Å². The molecule has 6 nitrogen and oxygen atoms in total. The van der Waals surface area contributed by atoms with Gasteiger partial charge in [-0.15, -0.1) is 0 Å². The van der Waals surface area contributed by atoms with Crippen molar-refractivity contribution < 1.29 is 28.6 Å². The average molecular weight is 1060 g/mol. The van der Waals surface area contributed by atoms with Crippen LogP contribution < -0.4 is 0 Å². The van der Waals surface area contributed by atoms with Crippen LogP contribution in [0.2, 0.25) is 0 Å². The van der Waals surface area contributed by atoms with E-state index in [-0.39, 0.29) is 31.1 Å². The molecule has 0 saturated heterocycles. The number of esters is 3. The molecule has 6 heteroatoms. The van der Waals surface area contributed by atoms with Crippen molar-refractivity contribution in [3.05, 3.63) is 72.9 Å². The van der Waals surface area contributed by atoms with Crippen LogP contribution >= 0.6 is 0 Å². The summed E-state index contributed by atoms with van der Waals surface area (Å²) >= 11 is 0. The molecular weight excluding hydrogens is 937 g/mol. The Kier molecular flexibility index (Phi) is 61.7. The number of carbonyl (C=O) groups excluding carboxylic acids is 3. The minimum atomic E-state index is -0.782. The first kappa shape index (κ1) is 72.8. The van der Waals surface area contributed by atoms with E-state index in [1.54, 1.807) is 0 Å². The predicted octanol–water partition coefficient (Wildman–Crippen LogP) is 22.5. The van der Waals surface area contributed by atoms with Crippen LogP contribution in [0.3, 0.4) is 0 Å². The third-order valence-corrected chi connectivity index (χ3v) is 14.4. The van der Waals surface area contributed by atoms with Gasteiger partial charge in [0.25, 0.3) is 0 Å². The quantitative estimate of drug-likeness (QED) is 0.0261. The van der Waals surface area contributed by atoms with E-state index in [2.05, 4.69) is 93.7 Å². The topological polar surface area (TPSA) is 78.9 Å². The van der Waals surface area contributed by atoms with Crippen molar-refractivity contribution in [1.29, 1.82) is 0 Å². The molecule has 0 rings (SSSR count). The molecule has 0 spiro atoms. The van der Waals surface area contributed by atoms with Crippen LogP contribution in [-0.4, -0.2) is 37.2 Å². The van der Waals surface area contributed by atoms with Gasteiger partial charge in [-0.3, -0.25) is 14.4 Å². The van der Waals surface area contributed by atoms with Gasteiger partial charge in [0.05, 0.1) is 0 Å². The second kappa shape index (κ2) is 64.4. The summed E-state index contributed by atoms with van der Waals surface area (Å²) in [5, 5.41) is 0. The van der Waals surface area contributed by atoms with Gasteiger partial charge in [-0.05, 0) is 89.9 Å². The minimum Gasteiger partial charge on any atom is -0.462 e. The maximum absolute atomic E-state index is 12.9. The monoisotopic (exact) mass is 1060 g/mol. The van der Waals surface area contributed by atoms with Crippen LogP contribution in [0, 0.1) is 0 Å². The Morgan fingerprint density at radius 2 is 0.513 bits per heavy atom. The Morgan fingerprint density at radius 1 is 0.276 bits per heavy atom. The summed E-state index contributed by atoms with van der Waals surface area (Å²) in [6.07, 6.45) is 83.4. The van der Waals surface area contributed by atoms with Crippen molar-refractivity contribution in [3.63, 3.8) is 0 Å². The molecule has 0 aromatic rings. The molecule has 0 amide bonds. The molecule has 0 aliphatic carbocycles. The molecule has 0 heterocycles. The maximum Gasteiger partial charge on any atom is 0.306 e. The van der Waals surface area contributed by atoms with Crippen LogP contribution in [0.5, 0.6) is 0 Å². The molecular formula is C70H124O6. The number of hydrogen-bond donors (Lipinski definition) is 0.